The van der Waals surface area contributed by atoms with Crippen molar-refractivity contribution in [1.29, 1.82) is 0 Å². The van der Waals surface area contributed by atoms with Crippen LogP contribution in [0.1, 0.15) is 0 Å². The van der Waals surface area contributed by atoms with E-state index in [0.717, 1.165) is 0 Å². The largest absolute Gasteiger partial charge is 0.0616 e. The van der Waals surface area contributed by atoms with E-state index in [1.807, 2.05) is 0 Å². The molecule has 0 aliphatic rings. The Hall–Kier alpha value is -8.58. The van der Waals surface area contributed by atoms with Crippen molar-refractivity contribution in [3.05, 3.63) is 255 Å². The second-order valence-electron chi connectivity index (χ2n) is 17.6. The van der Waals surface area contributed by atoms with Crippen molar-refractivity contribution < 1.29 is 0 Å². The summed E-state index contributed by atoms with van der Waals surface area (Å²) in [6, 6.07) is 94.2. The van der Waals surface area contributed by atoms with Crippen molar-refractivity contribution in [3.63, 3.8) is 0 Å². The van der Waals surface area contributed by atoms with Crippen LogP contribution >= 0.6 is 0 Å². The topological polar surface area (TPSA) is 0 Å². The SMILES string of the molecule is c1ccc2c(c1)cc(-c1ccc(-c3cc(-c4ccc(-c5cc6ccccc6c6ccccc56)cc4)cc(-c4ccc(-c5cc6ccccc6c6ccccc56)cc4)c3)cc1)c1ccccc12. The van der Waals surface area contributed by atoms with Gasteiger partial charge in [0.1, 0.15) is 0 Å². The van der Waals surface area contributed by atoms with Crippen molar-refractivity contribution in [2.45, 2.75) is 0 Å². The first kappa shape index (κ1) is 37.9. The average molecular weight is 835 g/mol. The normalized spacial score (nSPS) is 11.6. The Morgan fingerprint density at radius 2 is 0.348 bits per heavy atom. The molecule has 66 heavy (non-hydrogen) atoms. The summed E-state index contributed by atoms with van der Waals surface area (Å²) in [6.07, 6.45) is 0. The Kier molecular flexibility index (Phi) is 8.96. The fourth-order valence-corrected chi connectivity index (χ4v) is 10.5. The number of rotatable bonds is 6. The zero-order valence-corrected chi connectivity index (χ0v) is 36.2. The van der Waals surface area contributed by atoms with Crippen molar-refractivity contribution >= 4 is 64.6 Å². The lowest BCUT2D eigenvalue weighted by Crippen LogP contribution is -1.89. The maximum atomic E-state index is 2.36. The van der Waals surface area contributed by atoms with Gasteiger partial charge in [-0.15, -0.1) is 0 Å². The third kappa shape index (κ3) is 6.46. The highest BCUT2D eigenvalue weighted by Crippen LogP contribution is 2.41. The molecule has 0 nitrogen and oxygen atoms in total. The highest BCUT2D eigenvalue weighted by atomic mass is 14.2. The van der Waals surface area contributed by atoms with E-state index >= 15 is 0 Å². The van der Waals surface area contributed by atoms with E-state index in [-0.39, 0.29) is 0 Å². The zero-order valence-electron chi connectivity index (χ0n) is 36.2. The van der Waals surface area contributed by atoms with Gasteiger partial charge < -0.3 is 0 Å². The van der Waals surface area contributed by atoms with Crippen LogP contribution < -0.4 is 0 Å². The highest BCUT2D eigenvalue weighted by molar-refractivity contribution is 6.16. The molecule has 13 rings (SSSR count). The molecular weight excluding hydrogens is 793 g/mol. The van der Waals surface area contributed by atoms with E-state index < -0.39 is 0 Å². The first-order valence-corrected chi connectivity index (χ1v) is 22.9. The van der Waals surface area contributed by atoms with Gasteiger partial charge >= 0.3 is 0 Å². The smallest absolute Gasteiger partial charge is 0.00990 e. The molecule has 0 heteroatoms. The van der Waals surface area contributed by atoms with Crippen LogP contribution in [0, 0.1) is 0 Å². The van der Waals surface area contributed by atoms with Crippen LogP contribution in [-0.4, -0.2) is 0 Å². The molecule has 0 bridgehead atoms. The van der Waals surface area contributed by atoms with E-state index in [9.17, 15) is 0 Å². The molecule has 0 saturated heterocycles. The molecular formula is C66H42. The molecule has 0 saturated carbocycles. The number of benzene rings is 13. The molecule has 0 fully saturated rings. The molecule has 0 spiro atoms. The fraction of sp³-hybridized carbons (Fsp3) is 0. The molecule has 306 valence electrons. The summed E-state index contributed by atoms with van der Waals surface area (Å²) in [6.45, 7) is 0. The van der Waals surface area contributed by atoms with Crippen LogP contribution in [0.4, 0.5) is 0 Å². The molecule has 0 aliphatic carbocycles. The monoisotopic (exact) mass is 834 g/mol. The Morgan fingerprint density at radius 1 is 0.136 bits per heavy atom. The fourth-order valence-electron chi connectivity index (χ4n) is 10.5. The summed E-state index contributed by atoms with van der Waals surface area (Å²) < 4.78 is 0. The molecule has 0 radical (unpaired) electrons. The van der Waals surface area contributed by atoms with Crippen molar-refractivity contribution in [1.82, 2.24) is 0 Å². The number of hydrogen-bond donors (Lipinski definition) is 0. The average Bonchev–Trinajstić information content (AvgIpc) is 3.40. The lowest BCUT2D eigenvalue weighted by molar-refractivity contribution is 1.56. The first-order valence-electron chi connectivity index (χ1n) is 22.9. The van der Waals surface area contributed by atoms with Crippen molar-refractivity contribution in [3.8, 4) is 66.8 Å². The van der Waals surface area contributed by atoms with Crippen molar-refractivity contribution in [2.24, 2.45) is 0 Å². The Labute approximate surface area is 384 Å². The molecule has 0 aliphatic heterocycles. The Balaban J connectivity index is 0.922. The van der Waals surface area contributed by atoms with Crippen LogP contribution in [0.2, 0.25) is 0 Å². The predicted octanol–water partition coefficient (Wildman–Crippen LogP) is 18.6. The lowest BCUT2D eigenvalue weighted by Gasteiger charge is -2.15. The second-order valence-corrected chi connectivity index (χ2v) is 17.6. The van der Waals surface area contributed by atoms with Gasteiger partial charge in [-0.25, -0.2) is 0 Å². The van der Waals surface area contributed by atoms with Crippen LogP contribution in [0.5, 0.6) is 0 Å². The third-order valence-electron chi connectivity index (χ3n) is 13.8. The van der Waals surface area contributed by atoms with Gasteiger partial charge in [-0.1, -0.05) is 218 Å². The van der Waals surface area contributed by atoms with Crippen molar-refractivity contribution in [2.75, 3.05) is 0 Å². The maximum absolute atomic E-state index is 2.36. The second kappa shape index (κ2) is 15.6. The molecule has 0 heterocycles. The van der Waals surface area contributed by atoms with E-state index in [1.165, 1.54) is 131 Å². The van der Waals surface area contributed by atoms with Gasteiger partial charge in [0, 0.05) is 0 Å². The van der Waals surface area contributed by atoms with Gasteiger partial charge in [0.15, 0.2) is 0 Å². The maximum Gasteiger partial charge on any atom is -0.00990 e. The van der Waals surface area contributed by atoms with E-state index in [2.05, 4.69) is 255 Å². The minimum Gasteiger partial charge on any atom is -0.0616 e. The predicted molar refractivity (Wildman–Crippen MR) is 284 cm³/mol. The molecule has 13 aromatic carbocycles. The highest BCUT2D eigenvalue weighted by Gasteiger charge is 2.14. The molecule has 13 aromatic rings. The van der Waals surface area contributed by atoms with Crippen LogP contribution in [0.25, 0.3) is 131 Å². The van der Waals surface area contributed by atoms with Crippen LogP contribution in [0.3, 0.4) is 0 Å². The summed E-state index contributed by atoms with van der Waals surface area (Å²) in [5, 5.41) is 15.3. The summed E-state index contributed by atoms with van der Waals surface area (Å²) in [5.41, 5.74) is 14.5. The minimum atomic E-state index is 1.19. The van der Waals surface area contributed by atoms with Crippen LogP contribution in [0.15, 0.2) is 255 Å². The lowest BCUT2D eigenvalue weighted by atomic mass is 9.89. The van der Waals surface area contributed by atoms with Gasteiger partial charge in [0.2, 0.25) is 0 Å². The summed E-state index contributed by atoms with van der Waals surface area (Å²) in [5.74, 6) is 0. The van der Waals surface area contributed by atoms with Crippen LogP contribution in [-0.2, 0) is 0 Å². The summed E-state index contributed by atoms with van der Waals surface area (Å²) in [4.78, 5) is 0. The summed E-state index contributed by atoms with van der Waals surface area (Å²) >= 11 is 0. The quantitative estimate of drug-likeness (QED) is 0.146. The van der Waals surface area contributed by atoms with Gasteiger partial charge in [-0.3, -0.25) is 0 Å². The van der Waals surface area contributed by atoms with Gasteiger partial charge in [0.25, 0.3) is 0 Å². The molecule has 0 N–H and O–H groups in total. The standard InChI is InChI=1S/C66H42/c1-4-16-55-49(13-1)40-64(61-22-10-7-19-58(55)61)46-31-25-43(26-32-46)52-37-53(44-27-33-47(34-28-44)65-41-50-14-2-5-17-56(50)59-20-8-11-23-62(59)65)39-54(38-52)45-29-35-48(36-30-45)66-42-51-15-3-6-18-57(51)60-21-9-12-24-63(60)66/h1-42H. The number of hydrogen-bond acceptors (Lipinski definition) is 0. The Bertz CT molecular complexity index is 3570. The minimum absolute atomic E-state index is 1.19. The summed E-state index contributed by atoms with van der Waals surface area (Å²) in [7, 11) is 0. The Morgan fingerprint density at radius 3 is 0.621 bits per heavy atom. The van der Waals surface area contributed by atoms with E-state index in [0.29, 0.717) is 0 Å². The third-order valence-corrected chi connectivity index (χ3v) is 13.8. The number of fused-ring (bicyclic) bond motifs is 9. The first-order chi connectivity index (χ1) is 32.7. The molecule has 0 atom stereocenters. The molecule has 0 aromatic heterocycles. The van der Waals surface area contributed by atoms with E-state index in [4.69, 9.17) is 0 Å². The van der Waals surface area contributed by atoms with Gasteiger partial charge in [-0.2, -0.15) is 0 Å². The van der Waals surface area contributed by atoms with E-state index in [1.54, 1.807) is 0 Å². The van der Waals surface area contributed by atoms with Gasteiger partial charge in [0.05, 0.1) is 0 Å². The molecule has 0 unspecified atom stereocenters. The molecule has 0 amide bonds. The zero-order chi connectivity index (χ0) is 43.6. The van der Waals surface area contributed by atoms with Gasteiger partial charge in [-0.05, 0) is 168 Å².